The zero-order valence-electron chi connectivity index (χ0n) is 8.33. The predicted molar refractivity (Wildman–Crippen MR) is 63.6 cm³/mol. The first-order valence-electron chi connectivity index (χ1n) is 4.82. The zero-order valence-corrected chi connectivity index (χ0v) is 9.92. The molecule has 0 amide bonds. The average molecular weight is 283 g/mol. The molecule has 0 fully saturated rings. The first-order valence-corrected chi connectivity index (χ1v) is 5.74. The molecule has 0 spiro atoms. The Morgan fingerprint density at radius 3 is 2.12 bits per heavy atom. The highest BCUT2D eigenvalue weighted by atomic mass is 79.9. The van der Waals surface area contributed by atoms with Crippen LogP contribution in [0.25, 0.3) is 0 Å². The Morgan fingerprint density at radius 2 is 1.50 bits per heavy atom. The van der Waals surface area contributed by atoms with Crippen LogP contribution in [0.3, 0.4) is 0 Å². The van der Waals surface area contributed by atoms with Gasteiger partial charge in [-0.2, -0.15) is 0 Å². The third-order valence-electron chi connectivity index (χ3n) is 2.33. The van der Waals surface area contributed by atoms with Gasteiger partial charge in [0.15, 0.2) is 11.6 Å². The van der Waals surface area contributed by atoms with Crippen molar-refractivity contribution < 1.29 is 8.78 Å². The van der Waals surface area contributed by atoms with E-state index in [9.17, 15) is 8.78 Å². The molecule has 0 aliphatic rings. The summed E-state index contributed by atoms with van der Waals surface area (Å²) < 4.78 is 25.8. The highest BCUT2D eigenvalue weighted by Crippen LogP contribution is 2.31. The second kappa shape index (κ2) is 4.74. The summed E-state index contributed by atoms with van der Waals surface area (Å²) in [6.45, 7) is 0. The smallest absolute Gasteiger partial charge is 0.159 e. The quantitative estimate of drug-likeness (QED) is 0.714. The van der Waals surface area contributed by atoms with E-state index in [1.165, 1.54) is 6.07 Å². The van der Waals surface area contributed by atoms with Gasteiger partial charge in [-0.1, -0.05) is 52.3 Å². The Morgan fingerprint density at radius 1 is 0.812 bits per heavy atom. The average Bonchev–Trinajstić information content (AvgIpc) is 2.33. The number of benzene rings is 2. The van der Waals surface area contributed by atoms with Crippen molar-refractivity contribution in [1.29, 1.82) is 0 Å². The van der Waals surface area contributed by atoms with Gasteiger partial charge in [0.05, 0.1) is 4.83 Å². The second-order valence-corrected chi connectivity index (χ2v) is 4.36. The molecule has 0 N–H and O–H groups in total. The minimum absolute atomic E-state index is 0.121. The molecule has 0 aromatic heterocycles. The lowest BCUT2D eigenvalue weighted by Gasteiger charge is -2.10. The first kappa shape index (κ1) is 11.3. The summed E-state index contributed by atoms with van der Waals surface area (Å²) >= 11 is 3.46. The summed E-state index contributed by atoms with van der Waals surface area (Å²) in [6.07, 6.45) is 0. The molecular formula is C13H9BrF2. The van der Waals surface area contributed by atoms with E-state index in [1.807, 2.05) is 30.3 Å². The van der Waals surface area contributed by atoms with Crippen LogP contribution in [0.5, 0.6) is 0 Å². The standard InChI is InChI=1S/C13H9BrF2/c14-13(9-4-2-1-3-5-9)10-6-7-11(15)12(16)8-10/h1-8,13H/t13-/m1/s1. The van der Waals surface area contributed by atoms with Gasteiger partial charge in [-0.25, -0.2) is 8.78 Å². The lowest BCUT2D eigenvalue weighted by atomic mass is 10.0. The van der Waals surface area contributed by atoms with E-state index in [0.717, 1.165) is 11.6 Å². The largest absolute Gasteiger partial charge is 0.204 e. The summed E-state index contributed by atoms with van der Waals surface area (Å²) in [5.74, 6) is -1.64. The lowest BCUT2D eigenvalue weighted by Crippen LogP contribution is -1.94. The molecule has 0 nitrogen and oxygen atoms in total. The van der Waals surface area contributed by atoms with Gasteiger partial charge in [0, 0.05) is 0 Å². The van der Waals surface area contributed by atoms with Gasteiger partial charge < -0.3 is 0 Å². The molecular weight excluding hydrogens is 274 g/mol. The van der Waals surface area contributed by atoms with Crippen molar-refractivity contribution in [1.82, 2.24) is 0 Å². The third-order valence-corrected chi connectivity index (χ3v) is 3.39. The minimum Gasteiger partial charge on any atom is -0.204 e. The SMILES string of the molecule is Fc1ccc([C@H](Br)c2ccccc2)cc1F. The van der Waals surface area contributed by atoms with Gasteiger partial charge in [0.1, 0.15) is 0 Å². The van der Waals surface area contributed by atoms with Gasteiger partial charge in [-0.15, -0.1) is 0 Å². The van der Waals surface area contributed by atoms with Crippen molar-refractivity contribution in [3.8, 4) is 0 Å². The van der Waals surface area contributed by atoms with Crippen molar-refractivity contribution in [2.75, 3.05) is 0 Å². The van der Waals surface area contributed by atoms with E-state index in [0.29, 0.717) is 5.56 Å². The minimum atomic E-state index is -0.823. The third kappa shape index (κ3) is 2.30. The van der Waals surface area contributed by atoms with E-state index < -0.39 is 11.6 Å². The summed E-state index contributed by atoms with van der Waals surface area (Å²) in [6, 6.07) is 13.5. The molecule has 0 radical (unpaired) electrons. The highest BCUT2D eigenvalue weighted by molar-refractivity contribution is 9.09. The summed E-state index contributed by atoms with van der Waals surface area (Å²) in [7, 11) is 0. The predicted octanol–water partition coefficient (Wildman–Crippen LogP) is 4.45. The molecule has 3 heteroatoms. The number of hydrogen-bond donors (Lipinski definition) is 0. The number of rotatable bonds is 2. The summed E-state index contributed by atoms with van der Waals surface area (Å²) in [5.41, 5.74) is 1.71. The first-order chi connectivity index (χ1) is 7.68. The van der Waals surface area contributed by atoms with Gasteiger partial charge in [-0.05, 0) is 23.3 Å². The summed E-state index contributed by atoms with van der Waals surface area (Å²) in [5, 5.41) is 0. The molecule has 0 saturated carbocycles. The Labute approximate surface area is 101 Å². The monoisotopic (exact) mass is 282 g/mol. The maximum absolute atomic E-state index is 13.1. The van der Waals surface area contributed by atoms with Crippen LogP contribution in [-0.4, -0.2) is 0 Å². The van der Waals surface area contributed by atoms with E-state index in [2.05, 4.69) is 15.9 Å². The lowest BCUT2D eigenvalue weighted by molar-refractivity contribution is 0.507. The molecule has 0 aliphatic carbocycles. The maximum atomic E-state index is 13.1. The molecule has 1 atom stereocenters. The molecule has 82 valence electrons. The van der Waals surface area contributed by atoms with Crippen LogP contribution in [0.2, 0.25) is 0 Å². The van der Waals surface area contributed by atoms with Crippen LogP contribution < -0.4 is 0 Å². The van der Waals surface area contributed by atoms with Gasteiger partial charge in [0.25, 0.3) is 0 Å². The van der Waals surface area contributed by atoms with E-state index in [-0.39, 0.29) is 4.83 Å². The van der Waals surface area contributed by atoms with E-state index >= 15 is 0 Å². The van der Waals surface area contributed by atoms with E-state index in [1.54, 1.807) is 6.07 Å². The molecule has 2 aromatic carbocycles. The molecule has 0 heterocycles. The van der Waals surface area contributed by atoms with Crippen molar-refractivity contribution in [3.05, 3.63) is 71.3 Å². The fourth-order valence-corrected chi connectivity index (χ4v) is 2.07. The van der Waals surface area contributed by atoms with Crippen LogP contribution in [-0.2, 0) is 0 Å². The Balaban J connectivity index is 2.34. The van der Waals surface area contributed by atoms with Gasteiger partial charge in [0.2, 0.25) is 0 Å². The number of alkyl halides is 1. The number of halogens is 3. The Kier molecular flexibility index (Phi) is 3.34. The maximum Gasteiger partial charge on any atom is 0.159 e. The van der Waals surface area contributed by atoms with Crippen LogP contribution >= 0.6 is 15.9 Å². The fourth-order valence-electron chi connectivity index (χ4n) is 1.48. The normalized spacial score (nSPS) is 12.4. The molecule has 16 heavy (non-hydrogen) atoms. The van der Waals surface area contributed by atoms with Crippen molar-refractivity contribution >= 4 is 15.9 Å². The van der Waals surface area contributed by atoms with Crippen LogP contribution in [0.4, 0.5) is 8.78 Å². The highest BCUT2D eigenvalue weighted by Gasteiger charge is 2.12. The second-order valence-electron chi connectivity index (χ2n) is 3.45. The van der Waals surface area contributed by atoms with Gasteiger partial charge in [-0.3, -0.25) is 0 Å². The molecule has 0 aliphatic heterocycles. The molecule has 0 bridgehead atoms. The van der Waals surface area contributed by atoms with Crippen molar-refractivity contribution in [2.24, 2.45) is 0 Å². The fraction of sp³-hybridized carbons (Fsp3) is 0.0769. The molecule has 2 aromatic rings. The van der Waals surface area contributed by atoms with Crippen molar-refractivity contribution in [3.63, 3.8) is 0 Å². The number of hydrogen-bond acceptors (Lipinski definition) is 0. The van der Waals surface area contributed by atoms with Crippen LogP contribution in [0.1, 0.15) is 16.0 Å². The van der Waals surface area contributed by atoms with Crippen LogP contribution in [0, 0.1) is 11.6 Å². The van der Waals surface area contributed by atoms with E-state index in [4.69, 9.17) is 0 Å². The molecule has 0 unspecified atom stereocenters. The summed E-state index contributed by atoms with van der Waals surface area (Å²) in [4.78, 5) is -0.121. The zero-order chi connectivity index (χ0) is 11.5. The Bertz CT molecular complexity index is 483. The van der Waals surface area contributed by atoms with Crippen molar-refractivity contribution in [2.45, 2.75) is 4.83 Å². The Hall–Kier alpha value is -1.22. The van der Waals surface area contributed by atoms with Gasteiger partial charge >= 0.3 is 0 Å². The molecule has 0 saturated heterocycles. The topological polar surface area (TPSA) is 0 Å². The molecule has 2 rings (SSSR count). The van der Waals surface area contributed by atoms with Crippen LogP contribution in [0.15, 0.2) is 48.5 Å².